The molecule has 0 radical (unpaired) electrons. The van der Waals surface area contributed by atoms with Crippen LogP contribution in [0.5, 0.6) is 0 Å². The molecule has 0 saturated carbocycles. The molecule has 4 rings (SSSR count). The minimum atomic E-state index is -0.374. The molecule has 1 heterocycles. The Hall–Kier alpha value is -3.66. The summed E-state index contributed by atoms with van der Waals surface area (Å²) >= 11 is 0. The van der Waals surface area contributed by atoms with E-state index in [9.17, 15) is 9.18 Å². The molecule has 0 unspecified atom stereocenters. The summed E-state index contributed by atoms with van der Waals surface area (Å²) in [5, 5.41) is 12.4. The van der Waals surface area contributed by atoms with Gasteiger partial charge in [-0.3, -0.25) is 4.79 Å². The topological polar surface area (TPSA) is 84.8 Å². The lowest BCUT2D eigenvalue weighted by Crippen LogP contribution is -2.42. The van der Waals surface area contributed by atoms with Crippen LogP contribution in [0.3, 0.4) is 0 Å². The van der Waals surface area contributed by atoms with Crippen molar-refractivity contribution in [3.05, 3.63) is 77.0 Å². The number of amides is 1. The Labute approximate surface area is 180 Å². The number of imidazole rings is 1. The van der Waals surface area contributed by atoms with Crippen molar-refractivity contribution in [2.24, 2.45) is 0 Å². The highest BCUT2D eigenvalue weighted by atomic mass is 19.1. The van der Waals surface area contributed by atoms with E-state index >= 15 is 0 Å². The Bertz CT molecular complexity index is 1160. The van der Waals surface area contributed by atoms with E-state index in [-0.39, 0.29) is 23.6 Å². The Balaban J connectivity index is 1.42. The van der Waals surface area contributed by atoms with Crippen LogP contribution < -0.4 is 5.32 Å². The van der Waals surface area contributed by atoms with Crippen molar-refractivity contribution in [2.75, 3.05) is 6.54 Å². The zero-order valence-corrected chi connectivity index (χ0v) is 17.4. The summed E-state index contributed by atoms with van der Waals surface area (Å²) in [6, 6.07) is 14.0. The molecule has 0 bridgehead atoms. The fourth-order valence-corrected chi connectivity index (χ4v) is 4.00. The van der Waals surface area contributed by atoms with Gasteiger partial charge in [-0.1, -0.05) is 18.2 Å². The fourth-order valence-electron chi connectivity index (χ4n) is 4.00. The molecule has 1 aliphatic rings. The van der Waals surface area contributed by atoms with Gasteiger partial charge in [-0.15, -0.1) is 0 Å². The van der Waals surface area contributed by atoms with Crippen LogP contribution in [0, 0.1) is 17.1 Å². The highest BCUT2D eigenvalue weighted by molar-refractivity contribution is 5.94. The summed E-state index contributed by atoms with van der Waals surface area (Å²) in [5.41, 5.74) is 3.95. The third-order valence-electron chi connectivity index (χ3n) is 5.64. The quantitative estimate of drug-likeness (QED) is 0.628. The molecule has 0 spiro atoms. The average Bonchev–Trinajstić information content (AvgIpc) is 3.22. The van der Waals surface area contributed by atoms with Crippen LogP contribution in [0.25, 0.3) is 11.0 Å². The average molecular weight is 417 g/mol. The van der Waals surface area contributed by atoms with Crippen LogP contribution in [-0.2, 0) is 6.54 Å². The Morgan fingerprint density at radius 1 is 1.32 bits per heavy atom. The third-order valence-corrected chi connectivity index (χ3v) is 5.64. The van der Waals surface area contributed by atoms with E-state index in [0.717, 1.165) is 30.5 Å². The Kier molecular flexibility index (Phi) is 5.99. The van der Waals surface area contributed by atoms with Gasteiger partial charge >= 0.3 is 0 Å². The van der Waals surface area contributed by atoms with Gasteiger partial charge in [-0.05, 0) is 49.6 Å². The minimum Gasteiger partial charge on any atom is -0.384 e. The largest absolute Gasteiger partial charge is 0.384 e. The summed E-state index contributed by atoms with van der Waals surface area (Å²) in [7, 11) is 0. The van der Waals surface area contributed by atoms with E-state index in [2.05, 4.69) is 27.4 Å². The molecular weight excluding hydrogens is 393 g/mol. The zero-order valence-electron chi connectivity index (χ0n) is 17.4. The molecule has 158 valence electrons. The van der Waals surface area contributed by atoms with Crippen LogP contribution in [0.4, 0.5) is 4.39 Å². The Morgan fingerprint density at radius 2 is 2.13 bits per heavy atom. The summed E-state index contributed by atoms with van der Waals surface area (Å²) in [5.74, 6) is -0.303. The first-order valence-corrected chi connectivity index (χ1v) is 10.5. The van der Waals surface area contributed by atoms with Gasteiger partial charge in [0.05, 0.1) is 22.7 Å². The number of nitrogens with one attached hydrogen (secondary N) is 2. The fraction of sp³-hybridized carbons (Fsp3) is 0.292. The molecule has 31 heavy (non-hydrogen) atoms. The van der Waals surface area contributed by atoms with E-state index in [0.29, 0.717) is 29.7 Å². The van der Waals surface area contributed by atoms with E-state index in [4.69, 9.17) is 5.26 Å². The summed E-state index contributed by atoms with van der Waals surface area (Å²) < 4.78 is 13.5. The predicted octanol–water partition coefficient (Wildman–Crippen LogP) is 4.26. The van der Waals surface area contributed by atoms with Crippen LogP contribution in [-0.4, -0.2) is 33.4 Å². The van der Waals surface area contributed by atoms with E-state index in [1.807, 2.05) is 36.1 Å². The molecule has 1 atom stereocenters. The van der Waals surface area contributed by atoms with Crippen molar-refractivity contribution in [2.45, 2.75) is 38.8 Å². The number of nitrogens with zero attached hydrogens (tertiary/aromatic N) is 3. The van der Waals surface area contributed by atoms with Crippen molar-refractivity contribution >= 4 is 16.9 Å². The third kappa shape index (κ3) is 4.58. The number of carbonyl (C=O) groups excluding carboxylic acids is 1. The second-order valence-corrected chi connectivity index (χ2v) is 7.66. The number of rotatable bonds is 6. The van der Waals surface area contributed by atoms with Crippen molar-refractivity contribution in [1.29, 1.82) is 5.26 Å². The van der Waals surface area contributed by atoms with Crippen molar-refractivity contribution in [1.82, 2.24) is 20.2 Å². The number of benzene rings is 2. The van der Waals surface area contributed by atoms with Crippen molar-refractivity contribution < 1.29 is 9.18 Å². The smallest absolute Gasteiger partial charge is 0.289 e. The molecular formula is C24H24FN5O. The number of nitriles is 1. The van der Waals surface area contributed by atoms with Crippen molar-refractivity contribution in [3.8, 4) is 6.07 Å². The maximum absolute atomic E-state index is 13.5. The normalized spacial score (nSPS) is 15.9. The number of H-pyrrole nitrogens is 1. The van der Waals surface area contributed by atoms with Gasteiger partial charge in [0.25, 0.3) is 5.91 Å². The van der Waals surface area contributed by atoms with Crippen LogP contribution in [0.15, 0.2) is 54.2 Å². The van der Waals surface area contributed by atoms with E-state index in [1.165, 1.54) is 12.1 Å². The number of allylic oxidation sites excluding steroid dienone is 1. The molecule has 2 aromatic carbocycles. The highest BCUT2D eigenvalue weighted by Crippen LogP contribution is 2.24. The number of aromatic amines is 1. The lowest BCUT2D eigenvalue weighted by molar-refractivity contribution is 0.0663. The van der Waals surface area contributed by atoms with E-state index < -0.39 is 0 Å². The zero-order chi connectivity index (χ0) is 21.8. The minimum absolute atomic E-state index is 0.0657. The van der Waals surface area contributed by atoms with Gasteiger partial charge in [-0.2, -0.15) is 5.26 Å². The number of fused-ring (bicyclic) bond motifs is 1. The molecule has 6 nitrogen and oxygen atoms in total. The molecule has 3 aromatic rings. The number of aromatic nitrogens is 2. The molecule has 2 N–H and O–H groups in total. The summed E-state index contributed by atoms with van der Waals surface area (Å²) in [6.07, 6.45) is 4.69. The molecule has 7 heteroatoms. The SMILES string of the molecule is CCN(C(=O)c1nc2cc(F)ccc2[nH]1)[C@H]1CCC=C(NCc2ccc(C#N)cc2)C1. The van der Waals surface area contributed by atoms with Crippen LogP contribution in [0.2, 0.25) is 0 Å². The summed E-state index contributed by atoms with van der Waals surface area (Å²) in [6.45, 7) is 3.19. The first kappa shape index (κ1) is 20.6. The molecule has 1 aliphatic carbocycles. The number of carbonyl (C=O) groups is 1. The molecule has 1 aromatic heterocycles. The van der Waals surface area contributed by atoms with Gasteiger partial charge in [0.1, 0.15) is 5.82 Å². The van der Waals surface area contributed by atoms with Crippen LogP contribution >= 0.6 is 0 Å². The Morgan fingerprint density at radius 3 is 2.87 bits per heavy atom. The van der Waals surface area contributed by atoms with Gasteiger partial charge < -0.3 is 15.2 Å². The molecule has 1 amide bonds. The molecule has 0 aliphatic heterocycles. The lowest BCUT2D eigenvalue weighted by Gasteiger charge is -2.33. The van der Waals surface area contributed by atoms with Crippen LogP contribution in [0.1, 0.15) is 47.9 Å². The predicted molar refractivity (Wildman–Crippen MR) is 116 cm³/mol. The second kappa shape index (κ2) is 9.00. The summed E-state index contributed by atoms with van der Waals surface area (Å²) in [4.78, 5) is 22.3. The maximum Gasteiger partial charge on any atom is 0.289 e. The molecule has 0 fully saturated rings. The number of hydrogen-bond donors (Lipinski definition) is 2. The van der Waals surface area contributed by atoms with Gasteiger partial charge in [0.15, 0.2) is 5.82 Å². The highest BCUT2D eigenvalue weighted by Gasteiger charge is 2.28. The monoisotopic (exact) mass is 417 g/mol. The first-order valence-electron chi connectivity index (χ1n) is 10.5. The first-order chi connectivity index (χ1) is 15.1. The maximum atomic E-state index is 13.5. The van der Waals surface area contributed by atoms with E-state index in [1.54, 1.807) is 6.07 Å². The second-order valence-electron chi connectivity index (χ2n) is 7.66. The number of halogens is 1. The standard InChI is InChI=1S/C24H24FN5O/c1-2-30(24(31)23-28-21-11-10-18(25)12-22(21)29-23)20-5-3-4-19(13-20)27-15-17-8-6-16(14-26)7-9-17/h4,6-12,20,27H,2-3,5,13,15H2,1H3,(H,28,29)/t20-/m0/s1. The lowest BCUT2D eigenvalue weighted by atomic mass is 9.97. The molecule has 0 saturated heterocycles. The number of hydrogen-bond acceptors (Lipinski definition) is 4. The van der Waals surface area contributed by atoms with Gasteiger partial charge in [0.2, 0.25) is 0 Å². The van der Waals surface area contributed by atoms with Crippen molar-refractivity contribution in [3.63, 3.8) is 0 Å². The van der Waals surface area contributed by atoms with Gasteiger partial charge in [-0.25, -0.2) is 9.37 Å². The van der Waals surface area contributed by atoms with Gasteiger partial charge in [0, 0.05) is 37.3 Å².